The van der Waals surface area contributed by atoms with Gasteiger partial charge in [0.05, 0.1) is 18.7 Å². The zero-order chi connectivity index (χ0) is 21.9. The van der Waals surface area contributed by atoms with E-state index in [0.717, 1.165) is 11.8 Å². The van der Waals surface area contributed by atoms with E-state index in [1.807, 2.05) is 0 Å². The second kappa shape index (κ2) is 9.22. The third-order valence-corrected chi connectivity index (χ3v) is 6.30. The van der Waals surface area contributed by atoms with E-state index in [1.165, 1.54) is 16.4 Å². The molecule has 0 saturated carbocycles. The summed E-state index contributed by atoms with van der Waals surface area (Å²) in [5, 5.41) is 3.92. The number of hydrogen-bond acceptors (Lipinski definition) is 6. The van der Waals surface area contributed by atoms with Crippen molar-refractivity contribution in [1.29, 1.82) is 0 Å². The Morgan fingerprint density at radius 1 is 1.30 bits per heavy atom. The molecule has 1 aliphatic rings. The Bertz CT molecular complexity index is 969. The van der Waals surface area contributed by atoms with Crippen molar-refractivity contribution in [2.24, 2.45) is 5.92 Å². The molecule has 2 heterocycles. The van der Waals surface area contributed by atoms with Gasteiger partial charge < -0.3 is 9.42 Å². The van der Waals surface area contributed by atoms with Crippen LogP contribution in [0.2, 0.25) is 0 Å². The predicted molar refractivity (Wildman–Crippen MR) is 109 cm³/mol. The minimum atomic E-state index is -3.45. The molecular formula is C20H27FN4O4S. The molecule has 164 valence electrons. The van der Waals surface area contributed by atoms with Gasteiger partial charge in [-0.05, 0) is 23.6 Å². The van der Waals surface area contributed by atoms with Gasteiger partial charge >= 0.3 is 0 Å². The Morgan fingerprint density at radius 2 is 1.97 bits per heavy atom. The topological polar surface area (TPSA) is 96.6 Å². The molecule has 1 amide bonds. The van der Waals surface area contributed by atoms with Crippen LogP contribution < -0.4 is 0 Å². The van der Waals surface area contributed by atoms with Crippen LogP contribution in [0, 0.1) is 11.7 Å². The van der Waals surface area contributed by atoms with Crippen LogP contribution in [0.3, 0.4) is 0 Å². The smallest absolute Gasteiger partial charge is 0.227 e. The lowest BCUT2D eigenvalue weighted by atomic mass is 10.1. The number of nitrogens with zero attached hydrogens (tertiary/aromatic N) is 4. The molecule has 0 bridgehead atoms. The largest absolute Gasteiger partial charge is 0.339 e. The molecule has 30 heavy (non-hydrogen) atoms. The van der Waals surface area contributed by atoms with E-state index in [9.17, 15) is 17.6 Å². The second-order valence-corrected chi connectivity index (χ2v) is 10.0. The van der Waals surface area contributed by atoms with Crippen LogP contribution >= 0.6 is 0 Å². The highest BCUT2D eigenvalue weighted by atomic mass is 32.2. The van der Waals surface area contributed by atoms with E-state index in [-0.39, 0.29) is 30.7 Å². The van der Waals surface area contributed by atoms with Crippen molar-refractivity contribution in [3.8, 4) is 0 Å². The van der Waals surface area contributed by atoms with Gasteiger partial charge in [0.1, 0.15) is 5.82 Å². The first-order chi connectivity index (χ1) is 14.1. The van der Waals surface area contributed by atoms with Crippen LogP contribution in [-0.4, -0.2) is 65.6 Å². The average Bonchev–Trinajstić information content (AvgIpc) is 3.04. The Hall–Kier alpha value is -2.33. The summed E-state index contributed by atoms with van der Waals surface area (Å²) in [6.45, 7) is 4.99. The van der Waals surface area contributed by atoms with Gasteiger partial charge in [-0.25, -0.2) is 12.8 Å². The molecule has 0 radical (unpaired) electrons. The number of rotatable bonds is 9. The number of aromatic nitrogens is 2. The molecule has 1 aliphatic heterocycles. The first-order valence-electron chi connectivity index (χ1n) is 9.92. The predicted octanol–water partition coefficient (Wildman–Crippen LogP) is 1.66. The molecule has 1 fully saturated rings. The van der Waals surface area contributed by atoms with Crippen LogP contribution in [-0.2, 0) is 34.1 Å². The number of likely N-dealkylation sites (tertiary alicyclic amines) is 1. The highest BCUT2D eigenvalue weighted by Gasteiger charge is 2.38. The number of sulfonamides is 1. The molecule has 3 rings (SSSR count). The third kappa shape index (κ3) is 5.85. The Labute approximate surface area is 176 Å². The zero-order valence-corrected chi connectivity index (χ0v) is 18.2. The van der Waals surface area contributed by atoms with E-state index >= 15 is 0 Å². The van der Waals surface area contributed by atoms with Crippen LogP contribution in [0.5, 0.6) is 0 Å². The van der Waals surface area contributed by atoms with Crippen molar-refractivity contribution in [1.82, 2.24) is 19.3 Å². The molecule has 0 unspecified atom stereocenters. The number of benzene rings is 1. The minimum absolute atomic E-state index is 0.109. The van der Waals surface area contributed by atoms with E-state index in [1.54, 1.807) is 17.0 Å². The fourth-order valence-corrected chi connectivity index (χ4v) is 4.48. The maximum atomic E-state index is 13.0. The Morgan fingerprint density at radius 3 is 2.57 bits per heavy atom. The monoisotopic (exact) mass is 438 g/mol. The maximum Gasteiger partial charge on any atom is 0.227 e. The van der Waals surface area contributed by atoms with E-state index < -0.39 is 10.0 Å². The average molecular weight is 439 g/mol. The Kier molecular flexibility index (Phi) is 6.87. The summed E-state index contributed by atoms with van der Waals surface area (Å²) in [7, 11) is -3.45. The van der Waals surface area contributed by atoms with Crippen molar-refractivity contribution in [3.63, 3.8) is 0 Å². The van der Waals surface area contributed by atoms with Gasteiger partial charge in [-0.1, -0.05) is 31.1 Å². The molecular weight excluding hydrogens is 411 g/mol. The molecule has 0 N–H and O–H groups in total. The molecule has 0 aliphatic carbocycles. The van der Waals surface area contributed by atoms with Crippen LogP contribution in [0.4, 0.5) is 4.39 Å². The first-order valence-corrected chi connectivity index (χ1v) is 11.8. The summed E-state index contributed by atoms with van der Waals surface area (Å²) in [6.07, 6.45) is 2.34. The standard InChI is InChI=1S/C20H27FN4O4S/c1-14(2)10-19-22-18(23-29-19)8-9-25(30(3,27)28)17-12-24(13-17)20(26)11-15-4-6-16(21)7-5-15/h4-7,14,17H,8-13H2,1-3H3. The summed E-state index contributed by atoms with van der Waals surface area (Å²) < 4.78 is 44.1. The summed E-state index contributed by atoms with van der Waals surface area (Å²) in [4.78, 5) is 18.3. The van der Waals surface area contributed by atoms with Crippen molar-refractivity contribution in [3.05, 3.63) is 47.4 Å². The lowest BCUT2D eigenvalue weighted by Crippen LogP contribution is -2.62. The normalized spacial score (nSPS) is 15.1. The van der Waals surface area contributed by atoms with Crippen LogP contribution in [0.1, 0.15) is 31.1 Å². The van der Waals surface area contributed by atoms with Gasteiger partial charge in [-0.15, -0.1) is 0 Å². The van der Waals surface area contributed by atoms with Gasteiger partial charge in [0.15, 0.2) is 5.82 Å². The van der Waals surface area contributed by atoms with Crippen molar-refractivity contribution in [2.45, 2.75) is 39.2 Å². The lowest BCUT2D eigenvalue weighted by Gasteiger charge is -2.44. The second-order valence-electron chi connectivity index (χ2n) is 8.08. The third-order valence-electron chi connectivity index (χ3n) is 4.97. The molecule has 8 nitrogen and oxygen atoms in total. The van der Waals surface area contributed by atoms with Crippen LogP contribution in [0.25, 0.3) is 0 Å². The summed E-state index contributed by atoms with van der Waals surface area (Å²) in [5.74, 6) is 0.953. The Balaban J connectivity index is 1.54. The van der Waals surface area contributed by atoms with Gasteiger partial charge in [-0.3, -0.25) is 4.79 Å². The number of amides is 1. The molecule has 0 spiro atoms. The van der Waals surface area contributed by atoms with Gasteiger partial charge in [0, 0.05) is 32.5 Å². The van der Waals surface area contributed by atoms with Gasteiger partial charge in [0.25, 0.3) is 0 Å². The van der Waals surface area contributed by atoms with E-state index in [0.29, 0.717) is 43.6 Å². The molecule has 2 aromatic rings. The molecule has 10 heteroatoms. The van der Waals surface area contributed by atoms with E-state index in [4.69, 9.17) is 4.52 Å². The van der Waals surface area contributed by atoms with Crippen molar-refractivity contribution in [2.75, 3.05) is 25.9 Å². The summed E-state index contributed by atoms with van der Waals surface area (Å²) in [6, 6.07) is 5.51. The number of carbonyl (C=O) groups is 1. The van der Waals surface area contributed by atoms with E-state index in [2.05, 4.69) is 24.0 Å². The molecule has 1 saturated heterocycles. The molecule has 1 aromatic heterocycles. The zero-order valence-electron chi connectivity index (χ0n) is 17.4. The SMILES string of the molecule is CC(C)Cc1nc(CCN(C2CN(C(=O)Cc3ccc(F)cc3)C2)S(C)(=O)=O)no1. The van der Waals surface area contributed by atoms with Gasteiger partial charge in [-0.2, -0.15) is 9.29 Å². The highest BCUT2D eigenvalue weighted by molar-refractivity contribution is 7.88. The fraction of sp³-hybridized carbons (Fsp3) is 0.550. The maximum absolute atomic E-state index is 13.0. The highest BCUT2D eigenvalue weighted by Crippen LogP contribution is 2.20. The number of hydrogen-bond donors (Lipinski definition) is 0. The lowest BCUT2D eigenvalue weighted by molar-refractivity contribution is -0.136. The number of halogens is 1. The summed E-state index contributed by atoms with van der Waals surface area (Å²) >= 11 is 0. The first kappa shape index (κ1) is 22.4. The fourth-order valence-electron chi connectivity index (χ4n) is 3.38. The minimum Gasteiger partial charge on any atom is -0.339 e. The quantitative estimate of drug-likeness (QED) is 0.591. The number of carbonyl (C=O) groups excluding carboxylic acids is 1. The summed E-state index contributed by atoms with van der Waals surface area (Å²) in [5.41, 5.74) is 0.721. The van der Waals surface area contributed by atoms with Crippen LogP contribution in [0.15, 0.2) is 28.8 Å². The molecule has 0 atom stereocenters. The van der Waals surface area contributed by atoms with Crippen molar-refractivity contribution >= 4 is 15.9 Å². The van der Waals surface area contributed by atoms with Crippen molar-refractivity contribution < 1.29 is 22.1 Å². The van der Waals surface area contributed by atoms with Gasteiger partial charge in [0.2, 0.25) is 21.8 Å². The molecule has 1 aromatic carbocycles.